The van der Waals surface area contributed by atoms with E-state index in [0.717, 1.165) is 13.0 Å². The molecule has 1 fully saturated rings. The van der Waals surface area contributed by atoms with Crippen molar-refractivity contribution in [3.8, 4) is 11.7 Å². The fourth-order valence-corrected chi connectivity index (χ4v) is 2.41. The van der Waals surface area contributed by atoms with Gasteiger partial charge in [0.15, 0.2) is 5.76 Å². The minimum atomic E-state index is 0.213. The van der Waals surface area contributed by atoms with Crippen LogP contribution in [0.15, 0.2) is 27.2 Å². The molecule has 1 N–H and O–H groups in total. The van der Waals surface area contributed by atoms with Crippen molar-refractivity contribution < 1.29 is 13.9 Å². The first kappa shape index (κ1) is 13.3. The largest absolute Gasteiger partial charge is 0.459 e. The van der Waals surface area contributed by atoms with Gasteiger partial charge in [0.05, 0.1) is 12.8 Å². The van der Waals surface area contributed by atoms with Crippen molar-refractivity contribution in [3.63, 3.8) is 0 Å². The van der Waals surface area contributed by atoms with Crippen molar-refractivity contribution in [1.29, 1.82) is 0 Å². The van der Waals surface area contributed by atoms with Crippen LogP contribution in [0.4, 0.5) is 0 Å². The van der Waals surface area contributed by atoms with Gasteiger partial charge in [-0.25, -0.2) is 0 Å². The van der Waals surface area contributed by atoms with Crippen LogP contribution in [-0.2, 0) is 6.54 Å². The van der Waals surface area contributed by atoms with E-state index in [2.05, 4.69) is 15.1 Å². The molecule has 20 heavy (non-hydrogen) atoms. The number of nitrogens with zero attached hydrogens (tertiary/aromatic N) is 3. The van der Waals surface area contributed by atoms with Gasteiger partial charge in [-0.3, -0.25) is 4.90 Å². The highest BCUT2D eigenvalue weighted by Crippen LogP contribution is 2.27. The molecule has 0 radical (unpaired) electrons. The van der Waals surface area contributed by atoms with Crippen LogP contribution in [0, 0.1) is 0 Å². The molecule has 2 aromatic heterocycles. The summed E-state index contributed by atoms with van der Waals surface area (Å²) in [5.74, 6) is 1.61. The van der Waals surface area contributed by atoms with Crippen LogP contribution in [0.1, 0.15) is 31.6 Å². The number of hydrogen-bond acceptors (Lipinski definition) is 6. The Kier molecular flexibility index (Phi) is 4.13. The number of furan rings is 1. The first-order valence-electron chi connectivity index (χ1n) is 7.08. The van der Waals surface area contributed by atoms with Crippen molar-refractivity contribution >= 4 is 0 Å². The van der Waals surface area contributed by atoms with E-state index in [1.54, 1.807) is 18.4 Å². The summed E-state index contributed by atoms with van der Waals surface area (Å²) < 4.78 is 10.9. The molecule has 0 atom stereocenters. The van der Waals surface area contributed by atoms with E-state index < -0.39 is 0 Å². The zero-order valence-electron chi connectivity index (χ0n) is 11.4. The number of hydrogen-bond donors (Lipinski definition) is 1. The predicted octanol–water partition coefficient (Wildman–Crippen LogP) is 2.07. The molecular formula is C14H19N3O3. The molecule has 0 aromatic carbocycles. The van der Waals surface area contributed by atoms with Gasteiger partial charge < -0.3 is 13.9 Å². The highest BCUT2D eigenvalue weighted by atomic mass is 16.4. The second-order valence-corrected chi connectivity index (χ2v) is 5.11. The Bertz CT molecular complexity index is 520. The monoisotopic (exact) mass is 277 g/mol. The molecule has 0 spiro atoms. The Labute approximate surface area is 117 Å². The molecule has 2 heterocycles. The molecule has 1 aliphatic carbocycles. The lowest BCUT2D eigenvalue weighted by atomic mass is 9.91. The van der Waals surface area contributed by atoms with Gasteiger partial charge in [-0.2, -0.15) is 0 Å². The summed E-state index contributed by atoms with van der Waals surface area (Å²) in [5, 5.41) is 17.1. The van der Waals surface area contributed by atoms with E-state index in [-0.39, 0.29) is 6.61 Å². The van der Waals surface area contributed by atoms with E-state index in [1.165, 1.54) is 19.3 Å². The van der Waals surface area contributed by atoms with E-state index in [0.29, 0.717) is 30.1 Å². The molecule has 0 aliphatic heterocycles. The van der Waals surface area contributed by atoms with E-state index >= 15 is 0 Å². The standard InChI is InChI=1S/C14H19N3O3/c18-8-3-7-17(11-4-1-5-11)10-13-15-16-14(20-13)12-6-2-9-19-12/h2,6,9,11,18H,1,3-5,7-8,10H2. The fraction of sp³-hybridized carbons (Fsp3) is 0.571. The minimum Gasteiger partial charge on any atom is -0.459 e. The maximum atomic E-state index is 8.99. The Morgan fingerprint density at radius 3 is 2.90 bits per heavy atom. The normalized spacial score (nSPS) is 15.7. The number of aliphatic hydroxyl groups excluding tert-OH is 1. The van der Waals surface area contributed by atoms with Crippen molar-refractivity contribution in [2.75, 3.05) is 13.2 Å². The fourth-order valence-electron chi connectivity index (χ4n) is 2.41. The summed E-state index contributed by atoms with van der Waals surface area (Å²) in [6, 6.07) is 4.17. The Balaban J connectivity index is 1.65. The quantitative estimate of drug-likeness (QED) is 0.835. The van der Waals surface area contributed by atoms with Gasteiger partial charge in [0.25, 0.3) is 5.89 Å². The van der Waals surface area contributed by atoms with Gasteiger partial charge in [0.2, 0.25) is 5.89 Å². The third-order valence-electron chi connectivity index (χ3n) is 3.73. The lowest BCUT2D eigenvalue weighted by Crippen LogP contribution is -2.40. The maximum absolute atomic E-state index is 8.99. The van der Waals surface area contributed by atoms with E-state index in [1.807, 2.05) is 0 Å². The predicted molar refractivity (Wildman–Crippen MR) is 71.8 cm³/mol. The Morgan fingerprint density at radius 1 is 1.35 bits per heavy atom. The third kappa shape index (κ3) is 2.91. The SMILES string of the molecule is OCCCN(Cc1nnc(-c2ccco2)o1)C1CCC1. The molecule has 1 aliphatic rings. The molecule has 3 rings (SSSR count). The molecule has 2 aromatic rings. The molecule has 6 nitrogen and oxygen atoms in total. The summed E-state index contributed by atoms with van der Waals surface area (Å²) in [4.78, 5) is 2.32. The first-order chi connectivity index (χ1) is 9.86. The van der Waals surface area contributed by atoms with Crippen LogP contribution < -0.4 is 0 Å². The lowest BCUT2D eigenvalue weighted by molar-refractivity contribution is 0.0997. The van der Waals surface area contributed by atoms with Gasteiger partial charge in [-0.15, -0.1) is 10.2 Å². The second-order valence-electron chi connectivity index (χ2n) is 5.11. The molecule has 0 bridgehead atoms. The van der Waals surface area contributed by atoms with Crippen molar-refractivity contribution in [1.82, 2.24) is 15.1 Å². The van der Waals surface area contributed by atoms with Gasteiger partial charge in [0.1, 0.15) is 0 Å². The zero-order valence-corrected chi connectivity index (χ0v) is 11.4. The van der Waals surface area contributed by atoms with Gasteiger partial charge in [-0.1, -0.05) is 6.42 Å². The van der Waals surface area contributed by atoms with Gasteiger partial charge in [-0.05, 0) is 31.4 Å². The average Bonchev–Trinajstić information content (AvgIpc) is 3.04. The Morgan fingerprint density at radius 2 is 2.25 bits per heavy atom. The van der Waals surface area contributed by atoms with Crippen LogP contribution >= 0.6 is 0 Å². The molecule has 0 saturated heterocycles. The van der Waals surface area contributed by atoms with Crippen LogP contribution in [0.25, 0.3) is 11.7 Å². The molecule has 1 saturated carbocycles. The molecule has 0 unspecified atom stereocenters. The Hall–Kier alpha value is -1.66. The smallest absolute Gasteiger partial charge is 0.283 e. The number of aromatic nitrogens is 2. The average molecular weight is 277 g/mol. The van der Waals surface area contributed by atoms with Gasteiger partial charge in [0, 0.05) is 19.2 Å². The number of rotatable bonds is 7. The van der Waals surface area contributed by atoms with E-state index in [9.17, 15) is 0 Å². The lowest BCUT2D eigenvalue weighted by Gasteiger charge is -2.36. The summed E-state index contributed by atoms with van der Waals surface area (Å²) in [7, 11) is 0. The van der Waals surface area contributed by atoms with Crippen LogP contribution in [0.3, 0.4) is 0 Å². The van der Waals surface area contributed by atoms with Crippen LogP contribution in [0.2, 0.25) is 0 Å². The van der Waals surface area contributed by atoms with E-state index in [4.69, 9.17) is 13.9 Å². The van der Waals surface area contributed by atoms with Crippen LogP contribution in [0.5, 0.6) is 0 Å². The molecule has 0 amide bonds. The van der Waals surface area contributed by atoms with Crippen molar-refractivity contribution in [2.45, 2.75) is 38.3 Å². The molecule has 108 valence electrons. The van der Waals surface area contributed by atoms with Crippen molar-refractivity contribution in [3.05, 3.63) is 24.3 Å². The maximum Gasteiger partial charge on any atom is 0.283 e. The summed E-state index contributed by atoms with van der Waals surface area (Å²) in [5.41, 5.74) is 0. The molecule has 6 heteroatoms. The van der Waals surface area contributed by atoms with Crippen LogP contribution in [-0.4, -0.2) is 39.4 Å². The number of aliphatic hydroxyl groups is 1. The van der Waals surface area contributed by atoms with Crippen molar-refractivity contribution in [2.24, 2.45) is 0 Å². The minimum absolute atomic E-state index is 0.213. The first-order valence-corrected chi connectivity index (χ1v) is 7.08. The highest BCUT2D eigenvalue weighted by molar-refractivity contribution is 5.42. The van der Waals surface area contributed by atoms with Gasteiger partial charge >= 0.3 is 0 Å². The summed E-state index contributed by atoms with van der Waals surface area (Å²) >= 11 is 0. The third-order valence-corrected chi connectivity index (χ3v) is 3.73. The second kappa shape index (κ2) is 6.19. The molecular weight excluding hydrogens is 258 g/mol. The topological polar surface area (TPSA) is 75.5 Å². The highest BCUT2D eigenvalue weighted by Gasteiger charge is 2.26. The zero-order chi connectivity index (χ0) is 13.8. The summed E-state index contributed by atoms with van der Waals surface area (Å²) in [6.07, 6.45) is 6.06. The summed E-state index contributed by atoms with van der Waals surface area (Å²) in [6.45, 7) is 1.71.